The molecule has 1 atom stereocenters. The lowest BCUT2D eigenvalue weighted by Gasteiger charge is -2.29. The Morgan fingerprint density at radius 3 is 2.75 bits per heavy atom. The van der Waals surface area contributed by atoms with Gasteiger partial charge in [0.15, 0.2) is 0 Å². The Morgan fingerprint density at radius 1 is 1.44 bits per heavy atom. The number of carbonyl (C=O) groups is 1. The van der Waals surface area contributed by atoms with Gasteiger partial charge in [-0.3, -0.25) is 4.79 Å². The van der Waals surface area contributed by atoms with Crippen LogP contribution in [0.2, 0.25) is 0 Å². The van der Waals surface area contributed by atoms with Crippen LogP contribution in [0.25, 0.3) is 0 Å². The van der Waals surface area contributed by atoms with Crippen molar-refractivity contribution in [1.29, 1.82) is 0 Å². The minimum absolute atomic E-state index is 0.183. The molecule has 2 heterocycles. The van der Waals surface area contributed by atoms with Gasteiger partial charge in [-0.1, -0.05) is 20.8 Å². The van der Waals surface area contributed by atoms with Crippen LogP contribution in [-0.4, -0.2) is 37.0 Å². The topological polar surface area (TPSA) is 32.3 Å². The molecule has 1 spiro atoms. The van der Waals surface area contributed by atoms with E-state index in [4.69, 9.17) is 0 Å². The molecule has 0 saturated carbocycles. The number of rotatable bonds is 2. The molecule has 0 aliphatic carbocycles. The lowest BCUT2D eigenvalue weighted by atomic mass is 9.86. The van der Waals surface area contributed by atoms with Crippen molar-refractivity contribution in [2.75, 3.05) is 26.2 Å². The Hall–Kier alpha value is -0.570. The molecule has 0 bridgehead atoms. The maximum atomic E-state index is 12.3. The first-order valence-corrected chi connectivity index (χ1v) is 6.49. The fourth-order valence-electron chi connectivity index (χ4n) is 2.83. The van der Waals surface area contributed by atoms with Gasteiger partial charge in [0, 0.05) is 30.5 Å². The number of amides is 1. The summed E-state index contributed by atoms with van der Waals surface area (Å²) in [7, 11) is 0. The molecule has 2 saturated heterocycles. The third-order valence-electron chi connectivity index (χ3n) is 4.52. The summed E-state index contributed by atoms with van der Waals surface area (Å²) < 4.78 is 0. The molecular weight excluding hydrogens is 200 g/mol. The Morgan fingerprint density at radius 2 is 2.19 bits per heavy atom. The van der Waals surface area contributed by atoms with Gasteiger partial charge in [0.2, 0.25) is 5.91 Å². The summed E-state index contributed by atoms with van der Waals surface area (Å²) in [6.45, 7) is 10.4. The van der Waals surface area contributed by atoms with Gasteiger partial charge >= 0.3 is 0 Å². The first-order chi connectivity index (χ1) is 7.49. The second-order valence-corrected chi connectivity index (χ2v) is 6.14. The zero-order valence-electron chi connectivity index (χ0n) is 10.8. The molecule has 0 aromatic rings. The van der Waals surface area contributed by atoms with Crippen molar-refractivity contribution in [2.45, 2.75) is 40.0 Å². The van der Waals surface area contributed by atoms with Gasteiger partial charge in [0.05, 0.1) is 0 Å². The van der Waals surface area contributed by atoms with E-state index < -0.39 is 0 Å². The third-order valence-corrected chi connectivity index (χ3v) is 4.52. The fourth-order valence-corrected chi connectivity index (χ4v) is 2.83. The Kier molecular flexibility index (Phi) is 2.99. The number of hydrogen-bond acceptors (Lipinski definition) is 2. The third kappa shape index (κ3) is 1.97. The average Bonchev–Trinajstić information content (AvgIpc) is 2.89. The van der Waals surface area contributed by atoms with Gasteiger partial charge < -0.3 is 10.2 Å². The highest BCUT2D eigenvalue weighted by Gasteiger charge is 2.44. The number of nitrogens with zero attached hydrogens (tertiary/aromatic N) is 1. The molecule has 16 heavy (non-hydrogen) atoms. The number of carbonyl (C=O) groups excluding carboxylic acids is 1. The average molecular weight is 224 g/mol. The van der Waals surface area contributed by atoms with Crippen LogP contribution in [-0.2, 0) is 4.79 Å². The lowest BCUT2D eigenvalue weighted by Crippen LogP contribution is -2.40. The highest BCUT2D eigenvalue weighted by molar-refractivity contribution is 5.82. The van der Waals surface area contributed by atoms with Crippen molar-refractivity contribution < 1.29 is 4.79 Å². The zero-order chi connectivity index (χ0) is 11.8. The molecular formula is C13H24N2O. The maximum absolute atomic E-state index is 12.3. The van der Waals surface area contributed by atoms with Gasteiger partial charge in [0.25, 0.3) is 0 Å². The quantitative estimate of drug-likeness (QED) is 0.773. The molecule has 2 aliphatic heterocycles. The fraction of sp³-hybridized carbons (Fsp3) is 0.923. The highest BCUT2D eigenvalue weighted by Crippen LogP contribution is 2.38. The Bertz CT molecular complexity index is 280. The van der Waals surface area contributed by atoms with Crippen LogP contribution in [0.5, 0.6) is 0 Å². The molecule has 92 valence electrons. The van der Waals surface area contributed by atoms with Gasteiger partial charge in [-0.25, -0.2) is 0 Å². The van der Waals surface area contributed by atoms with Crippen molar-refractivity contribution in [3.63, 3.8) is 0 Å². The lowest BCUT2D eigenvalue weighted by molar-refractivity contribution is -0.139. The molecule has 3 heteroatoms. The Labute approximate surface area is 98.6 Å². The monoisotopic (exact) mass is 224 g/mol. The van der Waals surface area contributed by atoms with Crippen LogP contribution in [0.1, 0.15) is 40.0 Å². The summed E-state index contributed by atoms with van der Waals surface area (Å²) in [5.41, 5.74) is 0.219. The van der Waals surface area contributed by atoms with Crippen molar-refractivity contribution in [2.24, 2.45) is 10.8 Å². The number of hydrogen-bond donors (Lipinski definition) is 1. The molecule has 1 unspecified atom stereocenters. The molecule has 1 N–H and O–H groups in total. The van der Waals surface area contributed by atoms with Crippen molar-refractivity contribution in [1.82, 2.24) is 10.2 Å². The van der Waals surface area contributed by atoms with E-state index in [1.807, 2.05) is 0 Å². The predicted octanol–water partition coefficient (Wildman–Crippen LogP) is 1.63. The van der Waals surface area contributed by atoms with Crippen molar-refractivity contribution in [3.8, 4) is 0 Å². The van der Waals surface area contributed by atoms with E-state index >= 15 is 0 Å². The molecule has 1 amide bonds. The van der Waals surface area contributed by atoms with Crippen molar-refractivity contribution >= 4 is 5.91 Å². The maximum Gasteiger partial charge on any atom is 0.228 e. The van der Waals surface area contributed by atoms with Gasteiger partial charge in [-0.15, -0.1) is 0 Å². The normalized spacial score (nSPS) is 30.3. The van der Waals surface area contributed by atoms with Gasteiger partial charge in [0.1, 0.15) is 0 Å². The van der Waals surface area contributed by atoms with Crippen LogP contribution in [0, 0.1) is 10.8 Å². The SMILES string of the molecule is CCC(C)(C)C(=O)N1CCC2(CCNC2)C1. The van der Waals surface area contributed by atoms with E-state index in [0.29, 0.717) is 11.3 Å². The zero-order valence-corrected chi connectivity index (χ0v) is 10.8. The second-order valence-electron chi connectivity index (χ2n) is 6.14. The second kappa shape index (κ2) is 4.02. The van der Waals surface area contributed by atoms with Crippen molar-refractivity contribution in [3.05, 3.63) is 0 Å². The molecule has 0 radical (unpaired) electrons. The van der Waals surface area contributed by atoms with E-state index in [2.05, 4.69) is 31.0 Å². The predicted molar refractivity (Wildman–Crippen MR) is 65.2 cm³/mol. The van der Waals surface area contributed by atoms with E-state index in [1.165, 1.54) is 12.8 Å². The molecule has 2 rings (SSSR count). The summed E-state index contributed by atoms with van der Waals surface area (Å²) in [5.74, 6) is 0.346. The summed E-state index contributed by atoms with van der Waals surface area (Å²) >= 11 is 0. The van der Waals surface area contributed by atoms with Crippen LogP contribution >= 0.6 is 0 Å². The van der Waals surface area contributed by atoms with E-state index in [9.17, 15) is 4.79 Å². The minimum atomic E-state index is -0.183. The van der Waals surface area contributed by atoms with Crippen LogP contribution in [0.15, 0.2) is 0 Å². The van der Waals surface area contributed by atoms with Gasteiger partial charge in [-0.2, -0.15) is 0 Å². The molecule has 3 nitrogen and oxygen atoms in total. The Balaban J connectivity index is 2.01. The van der Waals surface area contributed by atoms with E-state index in [1.54, 1.807) is 0 Å². The largest absolute Gasteiger partial charge is 0.342 e. The summed E-state index contributed by atoms with van der Waals surface area (Å²) in [5, 5.41) is 3.43. The van der Waals surface area contributed by atoms with Crippen LogP contribution < -0.4 is 5.32 Å². The van der Waals surface area contributed by atoms with E-state index in [-0.39, 0.29) is 5.41 Å². The number of nitrogens with one attached hydrogen (secondary N) is 1. The molecule has 0 aromatic heterocycles. The standard InChI is InChI=1S/C13H24N2O/c1-4-12(2,3)11(16)15-8-6-13(10-15)5-7-14-9-13/h14H,4-10H2,1-3H3. The minimum Gasteiger partial charge on any atom is -0.342 e. The van der Waals surface area contributed by atoms with Crippen LogP contribution in [0.3, 0.4) is 0 Å². The molecule has 2 fully saturated rings. The molecule has 0 aromatic carbocycles. The summed E-state index contributed by atoms with van der Waals surface area (Å²) in [4.78, 5) is 14.4. The smallest absolute Gasteiger partial charge is 0.228 e. The van der Waals surface area contributed by atoms with Gasteiger partial charge in [-0.05, 0) is 25.8 Å². The first-order valence-electron chi connectivity index (χ1n) is 6.49. The summed E-state index contributed by atoms with van der Waals surface area (Å²) in [6.07, 6.45) is 3.35. The molecule has 2 aliphatic rings. The first kappa shape index (κ1) is 11.9. The van der Waals surface area contributed by atoms with Crippen LogP contribution in [0.4, 0.5) is 0 Å². The highest BCUT2D eigenvalue weighted by atomic mass is 16.2. The van der Waals surface area contributed by atoms with E-state index in [0.717, 1.165) is 32.6 Å². The number of likely N-dealkylation sites (tertiary alicyclic amines) is 1. The summed E-state index contributed by atoms with van der Waals surface area (Å²) in [6, 6.07) is 0.